The van der Waals surface area contributed by atoms with Crippen LogP contribution in [0.2, 0.25) is 0 Å². The third kappa shape index (κ3) is 2.55. The number of carbonyl (C=O) groups is 1. The van der Waals surface area contributed by atoms with Gasteiger partial charge in [-0.05, 0) is 20.3 Å². The van der Waals surface area contributed by atoms with Crippen molar-refractivity contribution in [3.63, 3.8) is 0 Å². The lowest BCUT2D eigenvalue weighted by molar-refractivity contribution is 0.00102. The lowest BCUT2D eigenvalue weighted by atomic mass is 9.94. The molecular formula is C12H18N2O3S. The first-order valence-electron chi connectivity index (χ1n) is 6.05. The highest BCUT2D eigenvalue weighted by Gasteiger charge is 2.31. The lowest BCUT2D eigenvalue weighted by Gasteiger charge is -2.34. The van der Waals surface area contributed by atoms with Crippen molar-refractivity contribution >= 4 is 17.2 Å². The minimum absolute atomic E-state index is 0.0259. The number of hydrogen-bond donors (Lipinski definition) is 2. The second-order valence-corrected chi connectivity index (χ2v) is 5.90. The zero-order valence-electron chi connectivity index (χ0n) is 10.6. The number of piperidine rings is 1. The summed E-state index contributed by atoms with van der Waals surface area (Å²) in [6, 6.07) is 0. The van der Waals surface area contributed by atoms with Gasteiger partial charge in [-0.15, -0.1) is 11.3 Å². The van der Waals surface area contributed by atoms with Crippen molar-refractivity contribution in [2.24, 2.45) is 5.92 Å². The molecule has 18 heavy (non-hydrogen) atoms. The number of aliphatic hydroxyl groups excluding tert-OH is 2. The van der Waals surface area contributed by atoms with Gasteiger partial charge in [0, 0.05) is 25.6 Å². The van der Waals surface area contributed by atoms with E-state index in [1.807, 2.05) is 13.8 Å². The monoisotopic (exact) mass is 270 g/mol. The van der Waals surface area contributed by atoms with E-state index in [-0.39, 0.29) is 18.4 Å². The zero-order valence-corrected chi connectivity index (χ0v) is 11.4. The van der Waals surface area contributed by atoms with Gasteiger partial charge in [0.25, 0.3) is 5.91 Å². The van der Waals surface area contributed by atoms with Crippen LogP contribution in [-0.2, 0) is 0 Å². The van der Waals surface area contributed by atoms with Gasteiger partial charge < -0.3 is 15.1 Å². The van der Waals surface area contributed by atoms with Crippen LogP contribution < -0.4 is 0 Å². The van der Waals surface area contributed by atoms with Crippen LogP contribution in [-0.4, -0.2) is 51.8 Å². The Morgan fingerprint density at radius 1 is 1.56 bits per heavy atom. The molecule has 2 heterocycles. The molecule has 1 amide bonds. The predicted molar refractivity (Wildman–Crippen MR) is 68.7 cm³/mol. The fourth-order valence-electron chi connectivity index (χ4n) is 2.25. The Labute approximate surface area is 110 Å². The maximum Gasteiger partial charge on any atom is 0.265 e. The number of β-amino-alcohol motifs (C(OH)–C–C–N with tert-alkyl or cyclic N) is 1. The SMILES string of the molecule is Cc1nc(C)c(C(=O)N2CC[C@H](CO)[C@H](O)C2)s1. The number of nitrogens with zero attached hydrogens (tertiary/aromatic N) is 2. The summed E-state index contributed by atoms with van der Waals surface area (Å²) in [5, 5.41) is 19.8. The molecule has 5 nitrogen and oxygen atoms in total. The minimum Gasteiger partial charge on any atom is -0.396 e. The Kier molecular flexibility index (Phi) is 3.99. The Balaban J connectivity index is 2.09. The highest BCUT2D eigenvalue weighted by molar-refractivity contribution is 7.13. The summed E-state index contributed by atoms with van der Waals surface area (Å²) >= 11 is 1.39. The van der Waals surface area contributed by atoms with Crippen molar-refractivity contribution in [1.82, 2.24) is 9.88 Å². The molecule has 0 spiro atoms. The smallest absolute Gasteiger partial charge is 0.265 e. The summed E-state index contributed by atoms with van der Waals surface area (Å²) < 4.78 is 0. The van der Waals surface area contributed by atoms with E-state index in [9.17, 15) is 9.90 Å². The number of amides is 1. The Hall–Kier alpha value is -0.980. The van der Waals surface area contributed by atoms with Gasteiger partial charge in [0.05, 0.1) is 16.8 Å². The Bertz CT molecular complexity index is 447. The summed E-state index contributed by atoms with van der Waals surface area (Å²) in [5.74, 6) is -0.174. The Morgan fingerprint density at radius 2 is 2.28 bits per heavy atom. The van der Waals surface area contributed by atoms with Gasteiger partial charge in [0.2, 0.25) is 0 Å². The second-order valence-electron chi connectivity index (χ2n) is 4.70. The standard InChI is InChI=1S/C12H18N2O3S/c1-7-11(18-8(2)13-7)12(17)14-4-3-9(6-15)10(16)5-14/h9-10,15-16H,3-6H2,1-2H3/t9-,10-/m1/s1. The fourth-order valence-corrected chi connectivity index (χ4v) is 3.14. The van der Waals surface area contributed by atoms with E-state index < -0.39 is 6.10 Å². The summed E-state index contributed by atoms with van der Waals surface area (Å²) in [6.07, 6.45) is 0.00211. The van der Waals surface area contributed by atoms with Gasteiger partial charge in [-0.25, -0.2) is 4.98 Å². The highest BCUT2D eigenvalue weighted by atomic mass is 32.1. The molecule has 1 aromatic heterocycles. The van der Waals surface area contributed by atoms with Crippen molar-refractivity contribution in [2.45, 2.75) is 26.4 Å². The summed E-state index contributed by atoms with van der Waals surface area (Å²) in [7, 11) is 0. The molecule has 1 aliphatic rings. The molecule has 0 saturated carbocycles. The average Bonchev–Trinajstić information content (AvgIpc) is 2.67. The molecule has 0 aromatic carbocycles. The van der Waals surface area contributed by atoms with Crippen LogP contribution >= 0.6 is 11.3 Å². The topological polar surface area (TPSA) is 73.7 Å². The van der Waals surface area contributed by atoms with Crippen molar-refractivity contribution < 1.29 is 15.0 Å². The molecule has 1 aliphatic heterocycles. The van der Waals surface area contributed by atoms with Crippen LogP contribution in [0, 0.1) is 19.8 Å². The number of hydrogen-bond acceptors (Lipinski definition) is 5. The number of carbonyl (C=O) groups excluding carboxylic acids is 1. The molecule has 100 valence electrons. The quantitative estimate of drug-likeness (QED) is 0.824. The van der Waals surface area contributed by atoms with Crippen molar-refractivity contribution in [3.8, 4) is 0 Å². The number of aliphatic hydroxyl groups is 2. The summed E-state index contributed by atoms with van der Waals surface area (Å²) in [4.78, 5) is 18.8. The van der Waals surface area contributed by atoms with Gasteiger partial charge in [0.15, 0.2) is 0 Å². The van der Waals surface area contributed by atoms with Gasteiger partial charge in [-0.1, -0.05) is 0 Å². The molecule has 0 unspecified atom stereocenters. The van der Waals surface area contributed by atoms with Crippen molar-refractivity contribution in [3.05, 3.63) is 15.6 Å². The normalized spacial score (nSPS) is 24.3. The molecule has 0 aliphatic carbocycles. The van der Waals surface area contributed by atoms with Crippen molar-refractivity contribution in [1.29, 1.82) is 0 Å². The number of aryl methyl sites for hydroxylation is 2. The maximum atomic E-state index is 12.3. The second kappa shape index (κ2) is 5.34. The minimum atomic E-state index is -0.637. The highest BCUT2D eigenvalue weighted by Crippen LogP contribution is 2.23. The summed E-state index contributed by atoms with van der Waals surface area (Å²) in [6.45, 7) is 4.55. The van der Waals surface area contributed by atoms with Gasteiger partial charge in [-0.3, -0.25) is 4.79 Å². The molecule has 1 fully saturated rings. The number of aromatic nitrogens is 1. The van der Waals surface area contributed by atoms with Crippen LogP contribution in [0.1, 0.15) is 26.8 Å². The third-order valence-corrected chi connectivity index (χ3v) is 4.40. The lowest BCUT2D eigenvalue weighted by Crippen LogP contribution is -2.47. The Morgan fingerprint density at radius 3 is 2.78 bits per heavy atom. The first kappa shape index (κ1) is 13.5. The van der Waals surface area contributed by atoms with E-state index in [1.165, 1.54) is 11.3 Å². The van der Waals surface area contributed by atoms with E-state index in [0.717, 1.165) is 10.7 Å². The van der Waals surface area contributed by atoms with Gasteiger partial charge >= 0.3 is 0 Å². The van der Waals surface area contributed by atoms with E-state index in [1.54, 1.807) is 4.90 Å². The molecule has 0 bridgehead atoms. The first-order chi connectivity index (χ1) is 8.52. The molecule has 6 heteroatoms. The predicted octanol–water partition coefficient (Wildman–Crippen LogP) is 0.575. The molecule has 2 N–H and O–H groups in total. The molecule has 2 rings (SSSR count). The summed E-state index contributed by atoms with van der Waals surface area (Å²) in [5.41, 5.74) is 0.751. The molecule has 2 atom stereocenters. The van der Waals surface area contributed by atoms with Crippen molar-refractivity contribution in [2.75, 3.05) is 19.7 Å². The maximum absolute atomic E-state index is 12.3. The fraction of sp³-hybridized carbons (Fsp3) is 0.667. The van der Waals surface area contributed by atoms with Crippen LogP contribution in [0.3, 0.4) is 0 Å². The average molecular weight is 270 g/mol. The van der Waals surface area contributed by atoms with Gasteiger partial charge in [-0.2, -0.15) is 0 Å². The van der Waals surface area contributed by atoms with Gasteiger partial charge in [0.1, 0.15) is 4.88 Å². The van der Waals surface area contributed by atoms with E-state index in [4.69, 9.17) is 5.11 Å². The van der Waals surface area contributed by atoms with Crippen LogP contribution in [0.5, 0.6) is 0 Å². The number of rotatable bonds is 2. The van der Waals surface area contributed by atoms with E-state index in [2.05, 4.69) is 4.98 Å². The molecule has 0 radical (unpaired) electrons. The van der Waals surface area contributed by atoms with E-state index >= 15 is 0 Å². The van der Waals surface area contributed by atoms with Crippen LogP contribution in [0.25, 0.3) is 0 Å². The molecule has 1 saturated heterocycles. The number of thiazole rings is 1. The molecule has 1 aromatic rings. The largest absolute Gasteiger partial charge is 0.396 e. The first-order valence-corrected chi connectivity index (χ1v) is 6.86. The van der Waals surface area contributed by atoms with Crippen LogP contribution in [0.15, 0.2) is 0 Å². The zero-order chi connectivity index (χ0) is 13.3. The van der Waals surface area contributed by atoms with Crippen LogP contribution in [0.4, 0.5) is 0 Å². The third-order valence-electron chi connectivity index (χ3n) is 3.34. The molecular weight excluding hydrogens is 252 g/mol. The van der Waals surface area contributed by atoms with E-state index in [0.29, 0.717) is 24.4 Å². The number of likely N-dealkylation sites (tertiary alicyclic amines) is 1.